The zero-order valence-electron chi connectivity index (χ0n) is 24.7. The van der Waals surface area contributed by atoms with Crippen molar-refractivity contribution in [2.45, 2.75) is 38.8 Å². The molecule has 0 aliphatic carbocycles. The number of aromatic nitrogens is 3. The van der Waals surface area contributed by atoms with Crippen LogP contribution in [0.3, 0.4) is 0 Å². The molecule has 0 bridgehead atoms. The number of likely N-dealkylation sites (tertiary alicyclic amines) is 1. The van der Waals surface area contributed by atoms with Crippen molar-refractivity contribution in [3.05, 3.63) is 74.7 Å². The van der Waals surface area contributed by atoms with E-state index in [-0.39, 0.29) is 42.4 Å². The number of hydrogen-bond donors (Lipinski definition) is 4. The van der Waals surface area contributed by atoms with Gasteiger partial charge < -0.3 is 30.0 Å². The second-order valence-corrected chi connectivity index (χ2v) is 11.5. The number of benzene rings is 2. The number of carbonyl (C=O) groups excluding carboxylic acids is 2. The highest BCUT2D eigenvalue weighted by molar-refractivity contribution is 6.23. The van der Waals surface area contributed by atoms with Gasteiger partial charge in [0.2, 0.25) is 0 Å². The van der Waals surface area contributed by atoms with Crippen LogP contribution >= 0.6 is 0 Å². The van der Waals surface area contributed by atoms with Crippen LogP contribution in [0.4, 0.5) is 5.69 Å². The zero-order valence-corrected chi connectivity index (χ0v) is 24.7. The van der Waals surface area contributed by atoms with Gasteiger partial charge in [-0.1, -0.05) is 0 Å². The standard InChI is InChI=1S/C32H33N7O5/c1-17-10-21(11-18(2)24(17)14-33)44-16-20(40)15-35-25-4-7-34-30(41)28(25)29-36-26-12-22-23(13-27(26)37-29)32(43)39(31(22)42)19-5-8-38(3)9-6-19/h4,7,10-13,19-20,40H,5-6,8-9,15-16H2,1-3H3,(H,36,37)(H2,34,35,41). The van der Waals surface area contributed by atoms with E-state index in [1.165, 1.54) is 11.1 Å². The van der Waals surface area contributed by atoms with Gasteiger partial charge in [-0.05, 0) is 88.3 Å². The number of amides is 2. The molecule has 12 nitrogen and oxygen atoms in total. The van der Waals surface area contributed by atoms with E-state index in [9.17, 15) is 24.8 Å². The Hall–Kier alpha value is -4.99. The summed E-state index contributed by atoms with van der Waals surface area (Å²) < 4.78 is 5.76. The number of aliphatic hydroxyl groups is 1. The van der Waals surface area contributed by atoms with Gasteiger partial charge >= 0.3 is 0 Å². The van der Waals surface area contributed by atoms with Gasteiger partial charge in [0, 0.05) is 18.8 Å². The number of anilines is 1. The lowest BCUT2D eigenvalue weighted by Gasteiger charge is -2.33. The van der Waals surface area contributed by atoms with Gasteiger partial charge in [0.25, 0.3) is 17.4 Å². The molecule has 0 saturated carbocycles. The normalized spacial score (nSPS) is 16.3. The first-order chi connectivity index (χ1) is 21.1. The second kappa shape index (κ2) is 11.6. The topological polar surface area (TPSA) is 167 Å². The Morgan fingerprint density at radius 2 is 1.80 bits per heavy atom. The number of ether oxygens (including phenoxy) is 1. The van der Waals surface area contributed by atoms with Crippen LogP contribution in [-0.4, -0.2) is 87.1 Å². The largest absolute Gasteiger partial charge is 0.491 e. The van der Waals surface area contributed by atoms with Crippen molar-refractivity contribution in [2.24, 2.45) is 0 Å². The summed E-state index contributed by atoms with van der Waals surface area (Å²) in [6.07, 6.45) is 2.06. The predicted molar refractivity (Wildman–Crippen MR) is 164 cm³/mol. The number of pyridine rings is 1. The number of aromatic amines is 2. The fraction of sp³-hybridized carbons (Fsp3) is 0.344. The molecular formula is C32H33N7O5. The maximum absolute atomic E-state index is 13.3. The lowest BCUT2D eigenvalue weighted by atomic mass is 10.0. The first kappa shape index (κ1) is 29.1. The van der Waals surface area contributed by atoms with E-state index in [1.54, 1.807) is 30.3 Å². The fourth-order valence-corrected chi connectivity index (χ4v) is 5.99. The van der Waals surface area contributed by atoms with E-state index >= 15 is 0 Å². The number of H-pyrrole nitrogens is 2. The molecule has 0 spiro atoms. The Balaban J connectivity index is 1.19. The van der Waals surface area contributed by atoms with Crippen LogP contribution in [0, 0.1) is 25.2 Å². The van der Waals surface area contributed by atoms with E-state index in [2.05, 4.69) is 31.2 Å². The summed E-state index contributed by atoms with van der Waals surface area (Å²) in [4.78, 5) is 53.6. The van der Waals surface area contributed by atoms with Crippen LogP contribution in [0.5, 0.6) is 5.75 Å². The van der Waals surface area contributed by atoms with Gasteiger partial charge in [-0.3, -0.25) is 19.3 Å². The van der Waals surface area contributed by atoms with Gasteiger partial charge in [-0.15, -0.1) is 0 Å². The van der Waals surface area contributed by atoms with Crippen molar-refractivity contribution in [1.29, 1.82) is 5.26 Å². The average molecular weight is 596 g/mol. The number of imidazole rings is 1. The maximum atomic E-state index is 13.3. The molecule has 2 aromatic heterocycles. The first-order valence-electron chi connectivity index (χ1n) is 14.5. The van der Waals surface area contributed by atoms with Gasteiger partial charge in [0.05, 0.1) is 39.5 Å². The van der Waals surface area contributed by atoms with Crippen LogP contribution in [0.2, 0.25) is 0 Å². The minimum Gasteiger partial charge on any atom is -0.491 e. The lowest BCUT2D eigenvalue weighted by molar-refractivity contribution is 0.0516. The molecule has 2 aliphatic rings. The number of nitrogens with one attached hydrogen (secondary N) is 3. The number of aryl methyl sites for hydroxylation is 2. The van der Waals surface area contributed by atoms with Gasteiger partial charge in [-0.25, -0.2) is 4.98 Å². The highest BCUT2D eigenvalue weighted by Crippen LogP contribution is 2.32. The third-order valence-electron chi connectivity index (χ3n) is 8.36. The van der Waals surface area contributed by atoms with E-state index in [0.717, 1.165) is 37.1 Å². The summed E-state index contributed by atoms with van der Waals surface area (Å²) in [7, 11) is 2.03. The molecule has 2 amide bonds. The van der Waals surface area contributed by atoms with Gasteiger partial charge in [0.1, 0.15) is 29.8 Å². The molecule has 2 aromatic carbocycles. The molecule has 1 fully saturated rings. The maximum Gasteiger partial charge on any atom is 0.261 e. The minimum atomic E-state index is -0.915. The van der Waals surface area contributed by atoms with Gasteiger partial charge in [0.15, 0.2) is 0 Å². The average Bonchev–Trinajstić information content (AvgIpc) is 3.51. The first-order valence-corrected chi connectivity index (χ1v) is 14.5. The molecule has 4 aromatic rings. The molecular weight excluding hydrogens is 562 g/mol. The van der Waals surface area contributed by atoms with Crippen molar-refractivity contribution >= 4 is 28.5 Å². The molecule has 0 radical (unpaired) electrons. The number of rotatable bonds is 8. The lowest BCUT2D eigenvalue weighted by Crippen LogP contribution is -2.46. The van der Waals surface area contributed by atoms with E-state index in [1.807, 2.05) is 20.9 Å². The van der Waals surface area contributed by atoms with E-state index in [4.69, 9.17) is 4.74 Å². The zero-order chi connectivity index (χ0) is 31.1. The van der Waals surface area contributed by atoms with Crippen LogP contribution in [0.15, 0.2) is 41.3 Å². The molecule has 1 atom stereocenters. The molecule has 1 unspecified atom stereocenters. The quantitative estimate of drug-likeness (QED) is 0.224. The molecule has 2 aliphatic heterocycles. The molecule has 4 heterocycles. The third-order valence-corrected chi connectivity index (χ3v) is 8.36. The third kappa shape index (κ3) is 5.32. The van der Waals surface area contributed by atoms with Crippen molar-refractivity contribution in [3.63, 3.8) is 0 Å². The number of hydrogen-bond acceptors (Lipinski definition) is 9. The van der Waals surface area contributed by atoms with Crippen molar-refractivity contribution in [1.82, 2.24) is 24.8 Å². The Morgan fingerprint density at radius 3 is 2.48 bits per heavy atom. The summed E-state index contributed by atoms with van der Waals surface area (Å²) in [5.41, 5.74) is 4.07. The Kier molecular flexibility index (Phi) is 7.67. The fourth-order valence-electron chi connectivity index (χ4n) is 5.99. The molecule has 12 heteroatoms. The number of imide groups is 1. The molecule has 226 valence electrons. The Morgan fingerprint density at radius 1 is 1.11 bits per heavy atom. The van der Waals surface area contributed by atoms with Gasteiger partial charge in [-0.2, -0.15) is 5.26 Å². The number of nitriles is 1. The molecule has 4 N–H and O–H groups in total. The van der Waals surface area contributed by atoms with Crippen LogP contribution in [0.1, 0.15) is 50.2 Å². The Bertz CT molecular complexity index is 1800. The number of piperidine rings is 1. The Labute approximate surface area is 253 Å². The van der Waals surface area contributed by atoms with E-state index < -0.39 is 11.7 Å². The monoisotopic (exact) mass is 595 g/mol. The molecule has 44 heavy (non-hydrogen) atoms. The van der Waals surface area contributed by atoms with E-state index in [0.29, 0.717) is 39.2 Å². The summed E-state index contributed by atoms with van der Waals surface area (Å²) in [5.74, 6) is 0.193. The smallest absolute Gasteiger partial charge is 0.261 e. The predicted octanol–water partition coefficient (Wildman–Crippen LogP) is 2.95. The molecule has 6 rings (SSSR count). The number of aliphatic hydroxyl groups excluding tert-OH is 1. The van der Waals surface area contributed by atoms with Crippen LogP contribution < -0.4 is 15.6 Å². The number of fused-ring (bicyclic) bond motifs is 2. The summed E-state index contributed by atoms with van der Waals surface area (Å²) in [6, 6.07) is 10.5. The minimum absolute atomic E-state index is 0.0108. The summed E-state index contributed by atoms with van der Waals surface area (Å²) in [6.45, 7) is 5.38. The highest BCUT2D eigenvalue weighted by Gasteiger charge is 2.41. The van der Waals surface area contributed by atoms with Crippen molar-refractivity contribution < 1.29 is 19.4 Å². The van der Waals surface area contributed by atoms with Crippen molar-refractivity contribution in [3.8, 4) is 23.2 Å². The summed E-state index contributed by atoms with van der Waals surface area (Å²) >= 11 is 0. The second-order valence-electron chi connectivity index (χ2n) is 11.5. The number of nitrogens with zero attached hydrogens (tertiary/aromatic N) is 4. The highest BCUT2D eigenvalue weighted by atomic mass is 16.5. The molecule has 1 saturated heterocycles. The van der Waals surface area contributed by atoms with Crippen LogP contribution in [-0.2, 0) is 0 Å². The van der Waals surface area contributed by atoms with Crippen LogP contribution in [0.25, 0.3) is 22.4 Å². The SMILES string of the molecule is Cc1cc(OCC(O)CNc2cc[nH]c(=O)c2-c2nc3cc4c(cc3[nH]2)C(=O)N(C2CCN(C)CC2)C4=O)cc(C)c1C#N. The van der Waals surface area contributed by atoms with Crippen molar-refractivity contribution in [2.75, 3.05) is 38.6 Å². The summed E-state index contributed by atoms with van der Waals surface area (Å²) in [5, 5.41) is 23.0. The number of carbonyl (C=O) groups is 2.